The van der Waals surface area contributed by atoms with Crippen LogP contribution in [0, 0.1) is 68.0 Å². The zero-order valence-electron chi connectivity index (χ0n) is 83.7. The van der Waals surface area contributed by atoms with Gasteiger partial charge in [-0.3, -0.25) is 33.6 Å². The number of hydrogen-bond donors (Lipinski definition) is 4. The summed E-state index contributed by atoms with van der Waals surface area (Å²) in [7, 11) is -6.63. The lowest BCUT2D eigenvalue weighted by molar-refractivity contribution is -0.358. The molecule has 9 fully saturated rings. The van der Waals surface area contributed by atoms with E-state index in [0.717, 1.165) is 11.1 Å². The van der Waals surface area contributed by atoms with Crippen LogP contribution in [0.4, 0.5) is 0 Å². The van der Waals surface area contributed by atoms with Crippen LogP contribution in [0.1, 0.15) is 214 Å². The Labute approximate surface area is 791 Å². The molecule has 15 rings (SSSR count). The predicted molar refractivity (Wildman–Crippen MR) is 500 cm³/mol. The number of esters is 8. The second kappa shape index (κ2) is 35.8. The van der Waals surface area contributed by atoms with Crippen molar-refractivity contribution >= 4 is 84.3 Å². The van der Waals surface area contributed by atoms with Gasteiger partial charge in [0.05, 0.1) is 66.7 Å². The number of Topliss-reactive ketones (excluding diaryl/α,β-unsaturated/α-hetero) is 2. The van der Waals surface area contributed by atoms with Gasteiger partial charge in [-0.15, -0.1) is 0 Å². The van der Waals surface area contributed by atoms with E-state index < -0.39 is 236 Å². The summed E-state index contributed by atoms with van der Waals surface area (Å²) >= 11 is 0. The summed E-state index contributed by atoms with van der Waals surface area (Å²) in [4.78, 5) is 136. The summed E-state index contributed by atoms with van der Waals surface area (Å²) in [5.41, 5.74) is -11.8. The van der Waals surface area contributed by atoms with Crippen molar-refractivity contribution < 1.29 is 134 Å². The first-order chi connectivity index (χ1) is 61.8. The molecule has 736 valence electrons. The van der Waals surface area contributed by atoms with Gasteiger partial charge in [0.1, 0.15) is 65.6 Å². The van der Waals surface area contributed by atoms with E-state index in [1.807, 2.05) is 128 Å². The summed E-state index contributed by atoms with van der Waals surface area (Å²) in [5, 5.41) is 52.5. The molecule has 3 heterocycles. The maximum absolute atomic E-state index is 15.1. The highest BCUT2D eigenvalue weighted by molar-refractivity contribution is 6.70. The number of hydrogen-bond acceptors (Lipinski definition) is 28. The van der Waals surface area contributed by atoms with E-state index in [9.17, 15) is 63.6 Å². The molecule has 3 unspecified atom stereocenters. The van der Waals surface area contributed by atoms with Crippen molar-refractivity contribution in [1.29, 1.82) is 0 Å². The maximum atomic E-state index is 15.1. The lowest BCUT2D eigenvalue weighted by Crippen LogP contribution is -2.81. The smallest absolute Gasteiger partial charge is 0.338 e. The number of benzene rings is 3. The number of carbonyl (C=O) groups excluding carboxylic acids is 10. The monoisotopic (exact) mass is 1910 g/mol. The minimum atomic E-state index is -2.26. The van der Waals surface area contributed by atoms with Crippen molar-refractivity contribution in [3.05, 3.63) is 141 Å². The van der Waals surface area contributed by atoms with Gasteiger partial charge in [-0.2, -0.15) is 0 Å². The Kier molecular flexibility index (Phi) is 27.7. The van der Waals surface area contributed by atoms with Gasteiger partial charge in [0.15, 0.2) is 53.6 Å². The summed E-state index contributed by atoms with van der Waals surface area (Å²) in [6, 6.07) is 25.7. The van der Waals surface area contributed by atoms with Crippen molar-refractivity contribution in [3.8, 4) is 0 Å². The number of carbonyl (C=O) groups is 10. The van der Waals surface area contributed by atoms with Crippen molar-refractivity contribution in [2.45, 2.75) is 349 Å². The topological polar surface area (TPSA) is 381 Å². The van der Waals surface area contributed by atoms with Gasteiger partial charge in [0.2, 0.25) is 5.78 Å². The van der Waals surface area contributed by atoms with Gasteiger partial charge in [-0.05, 0) is 181 Å². The highest BCUT2D eigenvalue weighted by Gasteiger charge is 2.82. The highest BCUT2D eigenvalue weighted by Crippen LogP contribution is 2.71. The molecule has 0 spiro atoms. The standard InChI is InChI=1S/C35H50O10Si.C35H48O10Si.C33H46O8Si/c2*1-19-16-25-34(18-41-25,44-22(4)37)28-30(43-31(39)23-14-12-11-13-15-23)35(40)17-24(45-46(8,9)10)20(2)26(32(35,5)6)27(38)29(33(19,28)7)42-21(3)36;1-19-15-25-32(18-38-25,40-21(3)34)27-28(39-29(36)22-13-11-10-12-14-22)33(37)17-24(41-42(7,8)9)20(2)26(30(33,4)5)23(35)16-31(19,27)6/h11-15,19,24-25,27-30,38,40H,16-18H2,1-10H3;11-15,19,24-25,28-30,40H,16-18H2,1-10H3;10-14,19,24-25,27-28,37H,15-18H2,1-9H3/t19-,24-,25+,27+,28?,29+,30-,33+,34-,35+;19-,24-,25+,28?,29+,30-,33+,34-,35+;19-,24-,25+,27?,28-,31+,32-,33+/m000/s1. The molecule has 4 N–H and O–H groups in total. The van der Waals surface area contributed by atoms with Gasteiger partial charge in [0, 0.05) is 104 Å². The molecule has 9 aliphatic carbocycles. The van der Waals surface area contributed by atoms with Crippen LogP contribution in [-0.4, -0.2) is 231 Å². The van der Waals surface area contributed by atoms with Gasteiger partial charge in [0.25, 0.3) is 0 Å². The van der Waals surface area contributed by atoms with Crippen LogP contribution in [0.3, 0.4) is 0 Å². The third kappa shape index (κ3) is 17.2. The third-order valence-corrected chi connectivity index (χ3v) is 36.2. The Morgan fingerprint density at radius 3 is 1.04 bits per heavy atom. The van der Waals surface area contributed by atoms with Crippen LogP contribution >= 0.6 is 0 Å². The van der Waals surface area contributed by atoms with Crippen LogP contribution in [0.5, 0.6) is 0 Å². The van der Waals surface area contributed by atoms with Crippen LogP contribution in [-0.2, 0) is 98.9 Å². The molecular formula is C103H144O28Si3. The van der Waals surface area contributed by atoms with E-state index in [4.69, 9.17) is 65.4 Å². The molecule has 27 atom stereocenters. The average Bonchev–Trinajstić information content (AvgIpc) is 0.641. The Morgan fingerprint density at radius 2 is 0.701 bits per heavy atom. The zero-order valence-corrected chi connectivity index (χ0v) is 86.7. The molecule has 12 aliphatic rings. The SMILES string of the molecule is CC(=O)O[C@@H]1C(=O)C2=C(C)[C@@H](O[Si](C)(C)C)C[C@@](O)([C@@H](OC(=O)c3ccccc3)C3[C@@]1(C)[C@@H](C)C[C@H]1OC[C@@]31OC(C)=O)C2(C)C.CC(=O)O[C@@H]1[C@H](O)C2=C(C)[C@@H](O[Si](C)(C)C)C[C@@](O)([C@@H](OC(=O)c3ccccc3)C3[C@@]1(C)[C@@H](C)C[C@H]1OC[C@@]31OC(C)=O)C2(C)C.CC(=O)O[C@@]12CO[C@@H]1C[C@H](C)[C@@]1(C)CC(=O)C3=C(C)[C@@H](O[Si](C)(C)C)C[C@@](O)([C@@H](OC(=O)c4ccccc4)C12)C3(C)C. The number of ether oxygens (including phenoxy) is 11. The van der Waals surface area contributed by atoms with Crippen molar-refractivity contribution in [2.75, 3.05) is 19.8 Å². The van der Waals surface area contributed by atoms with Gasteiger partial charge >= 0.3 is 47.8 Å². The summed E-state index contributed by atoms with van der Waals surface area (Å²) in [5.74, 6) is -8.72. The fourth-order valence-electron chi connectivity index (χ4n) is 26.4. The van der Waals surface area contributed by atoms with E-state index in [2.05, 4.69) is 26.6 Å². The molecule has 28 nitrogen and oxygen atoms in total. The Balaban J connectivity index is 0.000000171. The fourth-order valence-corrected chi connectivity index (χ4v) is 29.7. The molecule has 0 amide bonds. The second-order valence-electron chi connectivity index (χ2n) is 45.8. The molecule has 31 heteroatoms. The minimum Gasteiger partial charge on any atom is -0.459 e. The van der Waals surface area contributed by atoms with Gasteiger partial charge in [-0.1, -0.05) is 138 Å². The molecular weight excluding hydrogens is 1770 g/mol. The summed E-state index contributed by atoms with van der Waals surface area (Å²) < 4.78 is 88.3. The third-order valence-electron chi connectivity index (χ3n) is 33.3. The number of rotatable bonds is 17. The van der Waals surface area contributed by atoms with E-state index in [1.165, 1.54) is 34.6 Å². The van der Waals surface area contributed by atoms with E-state index >= 15 is 4.79 Å². The quantitative estimate of drug-likeness (QED) is 0.0422. The van der Waals surface area contributed by atoms with E-state index in [1.54, 1.807) is 98.8 Å². The lowest BCUT2D eigenvalue weighted by atomic mass is 9.43. The predicted octanol–water partition coefficient (Wildman–Crippen LogP) is 14.6. The molecule has 3 aromatic rings. The Hall–Kier alpha value is -7.77. The van der Waals surface area contributed by atoms with Gasteiger partial charge < -0.3 is 85.8 Å². The summed E-state index contributed by atoms with van der Waals surface area (Å²) in [6.45, 7) is 53.2. The highest BCUT2D eigenvalue weighted by atomic mass is 28.4. The van der Waals surface area contributed by atoms with Gasteiger partial charge in [-0.25, -0.2) is 14.4 Å². The lowest BCUT2D eigenvalue weighted by Gasteiger charge is -2.69. The largest absolute Gasteiger partial charge is 0.459 e. The molecule has 3 saturated heterocycles. The van der Waals surface area contributed by atoms with E-state index in [-0.39, 0.29) is 85.7 Å². The molecule has 0 radical (unpaired) electrons. The fraction of sp³-hybridized carbons (Fsp3) is 0.670. The zero-order chi connectivity index (χ0) is 99.4. The van der Waals surface area contributed by atoms with Crippen molar-refractivity contribution in [1.82, 2.24) is 0 Å². The Bertz CT molecular complexity index is 5200. The molecule has 3 aliphatic heterocycles. The number of ketones is 2. The van der Waals surface area contributed by atoms with Crippen LogP contribution in [0.15, 0.2) is 124 Å². The second-order valence-corrected chi connectivity index (χ2v) is 59.1. The minimum absolute atomic E-state index is 0.0143. The first-order valence-electron chi connectivity index (χ1n) is 47.4. The number of fused-ring (bicyclic) bond motifs is 15. The molecule has 6 saturated carbocycles. The number of aliphatic hydroxyl groups excluding tert-OH is 1. The maximum Gasteiger partial charge on any atom is 0.338 e. The Morgan fingerprint density at radius 1 is 0.388 bits per heavy atom. The first-order valence-corrected chi connectivity index (χ1v) is 57.7. The average molecular weight is 1910 g/mol. The molecule has 0 aromatic heterocycles. The molecule has 6 bridgehead atoms. The van der Waals surface area contributed by atoms with E-state index in [0.29, 0.717) is 41.5 Å². The van der Waals surface area contributed by atoms with Crippen molar-refractivity contribution in [3.63, 3.8) is 0 Å². The summed E-state index contributed by atoms with van der Waals surface area (Å²) in [6.07, 6.45) is -9.40. The first kappa shape index (κ1) is 104. The van der Waals surface area contributed by atoms with Crippen LogP contribution in [0.25, 0.3) is 0 Å². The normalized spacial score (nSPS) is 39.1. The van der Waals surface area contributed by atoms with Crippen LogP contribution < -0.4 is 0 Å². The molecule has 134 heavy (non-hydrogen) atoms. The van der Waals surface area contributed by atoms with Crippen LogP contribution in [0.2, 0.25) is 58.9 Å². The molecule has 3 aromatic carbocycles. The van der Waals surface area contributed by atoms with Crippen molar-refractivity contribution in [2.24, 2.45) is 68.0 Å². The number of aliphatic hydroxyl groups is 4.